The summed E-state index contributed by atoms with van der Waals surface area (Å²) >= 11 is 0. The average molecular weight is 473 g/mol. The Kier molecular flexibility index (Phi) is 5.23. The number of hydroxylamine groups is 3. The van der Waals surface area contributed by atoms with Crippen molar-refractivity contribution in [2.75, 3.05) is 14.1 Å². The third kappa shape index (κ3) is 3.32. The fraction of sp³-hybridized carbons (Fsp3) is 0.542. The number of phenols is 1. The summed E-state index contributed by atoms with van der Waals surface area (Å²) in [6, 6.07) is 2.09. The summed E-state index contributed by atoms with van der Waals surface area (Å²) in [5, 5.41) is 33.9. The molecule has 0 aromatic heterocycles. The van der Waals surface area contributed by atoms with Crippen molar-refractivity contribution >= 4 is 17.5 Å². The van der Waals surface area contributed by atoms with E-state index in [1.807, 2.05) is 0 Å². The van der Waals surface area contributed by atoms with Crippen molar-refractivity contribution in [3.8, 4) is 5.75 Å². The molecule has 4 aliphatic rings. The molecule has 182 valence electrons. The maximum Gasteiger partial charge on any atom is 0.309 e. The van der Waals surface area contributed by atoms with Crippen LogP contribution in [0.15, 0.2) is 23.3 Å². The molecule has 3 aliphatic heterocycles. The number of esters is 1. The number of ketones is 2. The highest BCUT2D eigenvalue weighted by Gasteiger charge is 2.52. The zero-order chi connectivity index (χ0) is 24.7. The molecule has 5 rings (SSSR count). The number of carbonyl (C=O) groups is 3. The molecule has 1 aliphatic carbocycles. The molecule has 2 N–H and O–H groups in total. The molecular weight excluding hydrogens is 446 g/mol. The van der Waals surface area contributed by atoms with E-state index in [-0.39, 0.29) is 40.9 Å². The normalized spacial score (nSPS) is 35.6. The van der Waals surface area contributed by atoms with Gasteiger partial charge in [-0.15, -0.1) is 0 Å². The predicted molar refractivity (Wildman–Crippen MR) is 116 cm³/mol. The van der Waals surface area contributed by atoms with E-state index in [1.54, 1.807) is 13.8 Å². The summed E-state index contributed by atoms with van der Waals surface area (Å²) in [6.45, 7) is 3.26. The Hall–Kier alpha value is -2.63. The number of aromatic hydroxyl groups is 1. The summed E-state index contributed by atoms with van der Waals surface area (Å²) in [5.41, 5.74) is 0.302. The number of aliphatic hydroxyl groups excluding tert-OH is 1. The Bertz CT molecular complexity index is 1130. The summed E-state index contributed by atoms with van der Waals surface area (Å²) in [7, 11) is 2.86. The minimum atomic E-state index is -1.02. The Morgan fingerprint density at radius 2 is 1.71 bits per heavy atom. The van der Waals surface area contributed by atoms with Crippen molar-refractivity contribution in [2.24, 2.45) is 0 Å². The molecule has 7 unspecified atom stereocenters. The van der Waals surface area contributed by atoms with Gasteiger partial charge in [0.2, 0.25) is 0 Å². The van der Waals surface area contributed by atoms with Crippen molar-refractivity contribution in [3.05, 3.63) is 45.2 Å². The molecule has 0 saturated carbocycles. The van der Waals surface area contributed by atoms with Gasteiger partial charge >= 0.3 is 5.97 Å². The second kappa shape index (κ2) is 7.69. The van der Waals surface area contributed by atoms with Gasteiger partial charge in [0.1, 0.15) is 24.0 Å². The number of hydrogen-bond acceptors (Lipinski definition) is 9. The first-order valence-electron chi connectivity index (χ1n) is 11.3. The van der Waals surface area contributed by atoms with Crippen molar-refractivity contribution in [3.63, 3.8) is 0 Å². The minimum Gasteiger partial charge on any atom is -0.633 e. The minimum absolute atomic E-state index is 0.0215. The van der Waals surface area contributed by atoms with Gasteiger partial charge in [-0.3, -0.25) is 14.4 Å². The number of ether oxygens (including phenoxy) is 3. The lowest BCUT2D eigenvalue weighted by atomic mass is 9.74. The van der Waals surface area contributed by atoms with Gasteiger partial charge in [0, 0.05) is 17.6 Å². The van der Waals surface area contributed by atoms with Gasteiger partial charge in [0.05, 0.1) is 50.0 Å². The van der Waals surface area contributed by atoms with Crippen molar-refractivity contribution < 1.29 is 43.5 Å². The first kappa shape index (κ1) is 23.1. The maximum absolute atomic E-state index is 13.9. The van der Waals surface area contributed by atoms with Crippen molar-refractivity contribution in [1.82, 2.24) is 0 Å². The van der Waals surface area contributed by atoms with Crippen LogP contribution in [-0.4, -0.2) is 83.1 Å². The molecule has 1 aromatic rings. The van der Waals surface area contributed by atoms with Crippen LogP contribution in [0.5, 0.6) is 5.75 Å². The summed E-state index contributed by atoms with van der Waals surface area (Å²) in [6.07, 6.45) is -4.85. The topological polar surface area (TPSA) is 142 Å². The van der Waals surface area contributed by atoms with Crippen LogP contribution in [0.3, 0.4) is 0 Å². The molecule has 2 saturated heterocycles. The Labute approximate surface area is 195 Å². The number of benzene rings is 1. The molecule has 0 bridgehead atoms. The molecule has 3 heterocycles. The van der Waals surface area contributed by atoms with Crippen LogP contribution in [-0.2, 0) is 19.0 Å². The summed E-state index contributed by atoms with van der Waals surface area (Å²) in [4.78, 5) is 39.4. The van der Waals surface area contributed by atoms with E-state index in [4.69, 9.17) is 14.2 Å². The largest absolute Gasteiger partial charge is 0.633 e. The average Bonchev–Trinajstić information content (AvgIpc) is 3.11. The first-order chi connectivity index (χ1) is 15.9. The molecule has 0 amide bonds. The van der Waals surface area contributed by atoms with E-state index in [0.717, 1.165) is 0 Å². The maximum atomic E-state index is 13.9. The first-order valence-corrected chi connectivity index (χ1v) is 11.3. The smallest absolute Gasteiger partial charge is 0.309 e. The van der Waals surface area contributed by atoms with Crippen molar-refractivity contribution in [1.29, 1.82) is 0 Å². The van der Waals surface area contributed by atoms with Crippen LogP contribution in [0.4, 0.5) is 0 Å². The van der Waals surface area contributed by atoms with E-state index in [2.05, 4.69) is 0 Å². The quantitative estimate of drug-likeness (QED) is 0.369. The molecule has 2 fully saturated rings. The predicted octanol–water partition coefficient (Wildman–Crippen LogP) is 1.32. The van der Waals surface area contributed by atoms with Crippen LogP contribution < -0.4 is 0 Å². The van der Waals surface area contributed by atoms with E-state index in [9.17, 15) is 29.8 Å². The molecule has 0 radical (unpaired) electrons. The van der Waals surface area contributed by atoms with Gasteiger partial charge in [0.15, 0.2) is 17.7 Å². The molecule has 10 nitrogen and oxygen atoms in total. The Morgan fingerprint density at radius 1 is 1.03 bits per heavy atom. The van der Waals surface area contributed by atoms with Crippen LogP contribution in [0.2, 0.25) is 0 Å². The molecular formula is C24H27NO9. The number of Topliss-reactive ketones (excluding diaryl/α,β-unsaturated/α-hetero) is 2. The lowest BCUT2D eigenvalue weighted by Crippen LogP contribution is -2.57. The fourth-order valence-electron chi connectivity index (χ4n) is 5.67. The standard InChI is InChI=1S/C24H27NO9/c1-9-17-20(24-15(32-9)8-16(27)34-24)23(30)18-11(5-6-13(26)19(18)22(17)29)14-7-12(25(3,4)31)21(28)10(2)33-14/h5-6,9-10,12,14-15,21,24,26,28H,7-8H2,1-4H3. The van der Waals surface area contributed by atoms with Crippen LogP contribution in [0.25, 0.3) is 0 Å². The number of nitrogens with zero attached hydrogens (tertiary/aromatic N) is 1. The number of phenolic OH excluding ortho intramolecular Hbond substituents is 1. The highest BCUT2D eigenvalue weighted by Crippen LogP contribution is 2.46. The summed E-state index contributed by atoms with van der Waals surface area (Å²) < 4.78 is 16.4. The highest BCUT2D eigenvalue weighted by atomic mass is 16.6. The second-order valence-electron chi connectivity index (χ2n) is 9.90. The number of fused-ring (bicyclic) bond motifs is 3. The van der Waals surface area contributed by atoms with Gasteiger partial charge in [0.25, 0.3) is 0 Å². The lowest BCUT2D eigenvalue weighted by molar-refractivity contribution is -0.874. The summed E-state index contributed by atoms with van der Waals surface area (Å²) in [5.74, 6) is -1.99. The van der Waals surface area contributed by atoms with Crippen LogP contribution >= 0.6 is 0 Å². The lowest BCUT2D eigenvalue weighted by Gasteiger charge is -2.49. The highest BCUT2D eigenvalue weighted by molar-refractivity contribution is 6.29. The Morgan fingerprint density at radius 3 is 2.38 bits per heavy atom. The van der Waals surface area contributed by atoms with Crippen LogP contribution in [0, 0.1) is 5.21 Å². The molecule has 0 spiro atoms. The SMILES string of the molecule is CC1OC2CC(=O)OC2C2=C1C(=O)c1c(O)ccc(C3CC([N+](C)(C)[O-])C(O)C(C)O3)c1C2=O. The molecule has 1 aromatic carbocycles. The van der Waals surface area contributed by atoms with Gasteiger partial charge in [-0.2, -0.15) is 0 Å². The number of likely N-dealkylation sites (N-methyl/N-ethyl adjacent to an activating group) is 1. The molecule has 34 heavy (non-hydrogen) atoms. The van der Waals surface area contributed by atoms with Gasteiger partial charge in [-0.25, -0.2) is 0 Å². The zero-order valence-electron chi connectivity index (χ0n) is 19.3. The molecule has 10 heteroatoms. The number of carbonyl (C=O) groups excluding carboxylic acids is 3. The number of aliphatic hydroxyl groups is 1. The Balaban J connectivity index is 1.64. The third-order valence-electron chi connectivity index (χ3n) is 7.34. The molecule has 7 atom stereocenters. The van der Waals surface area contributed by atoms with Gasteiger partial charge in [-0.05, 0) is 25.5 Å². The van der Waals surface area contributed by atoms with Gasteiger partial charge < -0.3 is 34.3 Å². The number of quaternary nitrogens is 1. The monoisotopic (exact) mass is 473 g/mol. The van der Waals surface area contributed by atoms with Crippen LogP contribution in [0.1, 0.15) is 59.1 Å². The van der Waals surface area contributed by atoms with E-state index in [0.29, 0.717) is 5.56 Å². The van der Waals surface area contributed by atoms with E-state index in [1.165, 1.54) is 26.2 Å². The fourth-order valence-corrected chi connectivity index (χ4v) is 5.67. The number of rotatable bonds is 2. The second-order valence-corrected chi connectivity index (χ2v) is 9.90. The van der Waals surface area contributed by atoms with E-state index < -0.39 is 64.8 Å². The third-order valence-corrected chi connectivity index (χ3v) is 7.34. The van der Waals surface area contributed by atoms with Gasteiger partial charge in [-0.1, -0.05) is 6.07 Å². The number of hydrogen-bond donors (Lipinski definition) is 2. The van der Waals surface area contributed by atoms with E-state index >= 15 is 0 Å². The zero-order valence-corrected chi connectivity index (χ0v) is 19.3. The van der Waals surface area contributed by atoms with Crippen molar-refractivity contribution in [2.45, 2.75) is 69.4 Å².